The van der Waals surface area contributed by atoms with E-state index >= 15 is 0 Å². The highest BCUT2D eigenvalue weighted by molar-refractivity contribution is 5.89. The number of rotatable bonds is 5. The maximum atomic E-state index is 11.6. The van der Waals surface area contributed by atoms with Crippen LogP contribution in [0.25, 0.3) is 0 Å². The highest BCUT2D eigenvalue weighted by atomic mass is 16.2. The van der Waals surface area contributed by atoms with Gasteiger partial charge in [0, 0.05) is 11.8 Å². The largest absolute Gasteiger partial charge is 0.308 e. The van der Waals surface area contributed by atoms with E-state index < -0.39 is 0 Å². The minimum Gasteiger partial charge on any atom is -0.308 e. The van der Waals surface area contributed by atoms with Gasteiger partial charge in [0.2, 0.25) is 5.91 Å². The number of aromatic nitrogens is 5. The fourth-order valence-electron chi connectivity index (χ4n) is 1.47. The molecule has 7 heteroatoms. The Morgan fingerprint density at radius 3 is 3.18 bits per heavy atom. The molecule has 0 fully saturated rings. The summed E-state index contributed by atoms with van der Waals surface area (Å²) < 4.78 is 1.45. The minimum absolute atomic E-state index is 0.135. The third-order valence-electron chi connectivity index (χ3n) is 2.19. The molecule has 2 aromatic heterocycles. The SMILES string of the molecule is CCCc1cc(NC(=O)Cn2cncn2)n[nH]1. The molecule has 2 aromatic rings. The van der Waals surface area contributed by atoms with Gasteiger partial charge in [-0.1, -0.05) is 13.3 Å². The van der Waals surface area contributed by atoms with Crippen molar-refractivity contribution in [1.29, 1.82) is 0 Å². The van der Waals surface area contributed by atoms with Crippen molar-refractivity contribution in [2.45, 2.75) is 26.3 Å². The number of aromatic amines is 1. The minimum atomic E-state index is -0.176. The molecule has 0 unspecified atom stereocenters. The van der Waals surface area contributed by atoms with Crippen LogP contribution in [0.15, 0.2) is 18.7 Å². The first-order valence-corrected chi connectivity index (χ1v) is 5.44. The van der Waals surface area contributed by atoms with Crippen LogP contribution in [-0.2, 0) is 17.8 Å². The molecule has 0 aliphatic rings. The van der Waals surface area contributed by atoms with E-state index in [0.717, 1.165) is 18.5 Å². The van der Waals surface area contributed by atoms with E-state index in [-0.39, 0.29) is 12.5 Å². The van der Waals surface area contributed by atoms with Crippen molar-refractivity contribution in [2.24, 2.45) is 0 Å². The molecule has 1 amide bonds. The number of amides is 1. The molecule has 2 rings (SSSR count). The molecular weight excluding hydrogens is 220 g/mol. The lowest BCUT2D eigenvalue weighted by atomic mass is 10.2. The molecule has 0 aliphatic carbocycles. The van der Waals surface area contributed by atoms with Crippen LogP contribution in [0.3, 0.4) is 0 Å². The summed E-state index contributed by atoms with van der Waals surface area (Å²) in [5.41, 5.74) is 1.02. The maximum absolute atomic E-state index is 11.6. The Morgan fingerprint density at radius 1 is 1.59 bits per heavy atom. The number of hydrogen-bond donors (Lipinski definition) is 2. The summed E-state index contributed by atoms with van der Waals surface area (Å²) in [5.74, 6) is 0.364. The number of aryl methyl sites for hydroxylation is 1. The second-order valence-electron chi connectivity index (χ2n) is 3.67. The van der Waals surface area contributed by atoms with E-state index in [1.807, 2.05) is 6.07 Å². The van der Waals surface area contributed by atoms with Gasteiger partial charge >= 0.3 is 0 Å². The van der Waals surface area contributed by atoms with Crippen molar-refractivity contribution in [1.82, 2.24) is 25.0 Å². The van der Waals surface area contributed by atoms with Crippen LogP contribution in [-0.4, -0.2) is 30.9 Å². The Hall–Kier alpha value is -2.18. The number of anilines is 1. The molecule has 0 aromatic carbocycles. The molecule has 0 saturated carbocycles. The molecule has 90 valence electrons. The molecule has 0 radical (unpaired) electrons. The molecular formula is C10H14N6O. The van der Waals surface area contributed by atoms with E-state index in [4.69, 9.17) is 0 Å². The van der Waals surface area contributed by atoms with Crippen molar-refractivity contribution in [2.75, 3.05) is 5.32 Å². The molecule has 0 aliphatic heterocycles. The Morgan fingerprint density at radius 2 is 2.47 bits per heavy atom. The smallest absolute Gasteiger partial charge is 0.247 e. The summed E-state index contributed by atoms with van der Waals surface area (Å²) >= 11 is 0. The van der Waals surface area contributed by atoms with Gasteiger partial charge in [-0.25, -0.2) is 9.67 Å². The Bertz CT molecular complexity index is 475. The topological polar surface area (TPSA) is 88.5 Å². The normalized spacial score (nSPS) is 10.4. The van der Waals surface area contributed by atoms with Gasteiger partial charge in [-0.2, -0.15) is 10.2 Å². The predicted molar refractivity (Wildman–Crippen MR) is 61.2 cm³/mol. The maximum Gasteiger partial charge on any atom is 0.247 e. The fraction of sp³-hybridized carbons (Fsp3) is 0.400. The Labute approximate surface area is 98.2 Å². The van der Waals surface area contributed by atoms with E-state index in [9.17, 15) is 4.79 Å². The lowest BCUT2D eigenvalue weighted by molar-refractivity contribution is -0.116. The molecule has 0 bridgehead atoms. The van der Waals surface area contributed by atoms with Crippen molar-refractivity contribution >= 4 is 11.7 Å². The zero-order valence-corrected chi connectivity index (χ0v) is 9.55. The van der Waals surface area contributed by atoms with Crippen LogP contribution >= 0.6 is 0 Å². The van der Waals surface area contributed by atoms with E-state index in [1.165, 1.54) is 17.3 Å². The zero-order chi connectivity index (χ0) is 12.1. The second kappa shape index (κ2) is 5.24. The number of hydrogen-bond acceptors (Lipinski definition) is 4. The number of H-pyrrole nitrogens is 1. The van der Waals surface area contributed by atoms with Crippen LogP contribution in [0.5, 0.6) is 0 Å². The van der Waals surface area contributed by atoms with E-state index in [0.29, 0.717) is 5.82 Å². The van der Waals surface area contributed by atoms with Gasteiger partial charge in [0.25, 0.3) is 0 Å². The fourth-order valence-corrected chi connectivity index (χ4v) is 1.47. The van der Waals surface area contributed by atoms with Crippen LogP contribution < -0.4 is 5.32 Å². The van der Waals surface area contributed by atoms with Crippen LogP contribution in [0.1, 0.15) is 19.0 Å². The molecule has 2 heterocycles. The standard InChI is InChI=1S/C10H14N6O/c1-2-3-8-4-9(15-14-8)13-10(17)5-16-7-11-6-12-16/h4,6-7H,2-3,5H2,1H3,(H2,13,14,15,17). The van der Waals surface area contributed by atoms with Gasteiger partial charge in [0.1, 0.15) is 19.2 Å². The van der Waals surface area contributed by atoms with Crippen LogP contribution in [0, 0.1) is 0 Å². The summed E-state index contributed by atoms with van der Waals surface area (Å²) in [5, 5.41) is 13.4. The Kier molecular flexibility index (Phi) is 3.49. The van der Waals surface area contributed by atoms with E-state index in [1.54, 1.807) is 0 Å². The number of carbonyl (C=O) groups excluding carboxylic acids is 1. The first-order valence-electron chi connectivity index (χ1n) is 5.44. The monoisotopic (exact) mass is 234 g/mol. The average molecular weight is 234 g/mol. The van der Waals surface area contributed by atoms with Gasteiger partial charge in [-0.15, -0.1) is 0 Å². The summed E-state index contributed by atoms with van der Waals surface area (Å²) in [4.78, 5) is 15.4. The number of carbonyl (C=O) groups is 1. The Balaban J connectivity index is 1.89. The van der Waals surface area contributed by atoms with Crippen molar-refractivity contribution in [3.05, 3.63) is 24.4 Å². The summed E-state index contributed by atoms with van der Waals surface area (Å²) in [6.45, 7) is 2.22. The number of nitrogens with one attached hydrogen (secondary N) is 2. The van der Waals surface area contributed by atoms with Crippen LogP contribution in [0.2, 0.25) is 0 Å². The average Bonchev–Trinajstić information content (AvgIpc) is 2.91. The molecule has 0 atom stereocenters. The molecule has 0 saturated heterocycles. The summed E-state index contributed by atoms with van der Waals surface area (Å²) in [7, 11) is 0. The van der Waals surface area contributed by atoms with Crippen molar-refractivity contribution in [3.63, 3.8) is 0 Å². The first kappa shape index (κ1) is 11.3. The molecule has 7 nitrogen and oxygen atoms in total. The quantitative estimate of drug-likeness (QED) is 0.792. The third kappa shape index (κ3) is 3.13. The van der Waals surface area contributed by atoms with Crippen molar-refractivity contribution < 1.29 is 4.79 Å². The highest BCUT2D eigenvalue weighted by Crippen LogP contribution is 2.07. The predicted octanol–water partition coefficient (Wildman–Crippen LogP) is 0.592. The highest BCUT2D eigenvalue weighted by Gasteiger charge is 2.06. The molecule has 2 N–H and O–H groups in total. The van der Waals surface area contributed by atoms with Crippen molar-refractivity contribution in [3.8, 4) is 0 Å². The van der Waals surface area contributed by atoms with Crippen LogP contribution in [0.4, 0.5) is 5.82 Å². The lowest BCUT2D eigenvalue weighted by Crippen LogP contribution is -2.19. The summed E-state index contributed by atoms with van der Waals surface area (Å²) in [6.07, 6.45) is 4.84. The van der Waals surface area contributed by atoms with E-state index in [2.05, 4.69) is 32.5 Å². The zero-order valence-electron chi connectivity index (χ0n) is 9.55. The lowest BCUT2D eigenvalue weighted by Gasteiger charge is -2.00. The van der Waals surface area contributed by atoms with Gasteiger partial charge in [-0.3, -0.25) is 9.89 Å². The van der Waals surface area contributed by atoms with Gasteiger partial charge < -0.3 is 5.32 Å². The summed E-state index contributed by atoms with van der Waals surface area (Å²) in [6, 6.07) is 1.84. The second-order valence-corrected chi connectivity index (χ2v) is 3.67. The molecule has 17 heavy (non-hydrogen) atoms. The number of nitrogens with zero attached hydrogens (tertiary/aromatic N) is 4. The van der Waals surface area contributed by atoms with Gasteiger partial charge in [0.05, 0.1) is 0 Å². The van der Waals surface area contributed by atoms with Gasteiger partial charge in [0.15, 0.2) is 5.82 Å². The molecule has 0 spiro atoms. The third-order valence-corrected chi connectivity index (χ3v) is 2.19. The first-order chi connectivity index (χ1) is 8.28. The van der Waals surface area contributed by atoms with Gasteiger partial charge in [-0.05, 0) is 6.42 Å².